The first-order valence-electron chi connectivity index (χ1n) is 7.78. The van der Waals surface area contributed by atoms with E-state index in [2.05, 4.69) is 38.0 Å². The summed E-state index contributed by atoms with van der Waals surface area (Å²) in [6.07, 6.45) is 4.35. The van der Waals surface area contributed by atoms with Gasteiger partial charge in [-0.15, -0.1) is 11.7 Å². The number of aromatic nitrogens is 3. The van der Waals surface area contributed by atoms with Gasteiger partial charge in [-0.25, -0.2) is 0 Å². The summed E-state index contributed by atoms with van der Waals surface area (Å²) in [5.74, 6) is 2.82. The van der Waals surface area contributed by atoms with Crippen molar-refractivity contribution in [2.45, 2.75) is 13.0 Å². The molecule has 7 heteroatoms. The third-order valence-electron chi connectivity index (χ3n) is 3.99. The van der Waals surface area contributed by atoms with Crippen LogP contribution < -0.4 is 19.7 Å². The van der Waals surface area contributed by atoms with Gasteiger partial charge < -0.3 is 19.7 Å². The lowest BCUT2D eigenvalue weighted by Gasteiger charge is -2.30. The minimum Gasteiger partial charge on any atom is -0.493 e. The lowest BCUT2D eigenvalue weighted by Crippen LogP contribution is -2.31. The maximum absolute atomic E-state index is 5.41. The molecule has 3 rings (SSSR count). The number of rotatable bonds is 6. The number of hydrogen-bond acceptors (Lipinski definition) is 7. The smallest absolute Gasteiger partial charge is 0.244 e. The normalized spacial score (nSPS) is 13.2. The molecular weight excluding hydrogens is 306 g/mol. The molecule has 7 nitrogen and oxygen atoms in total. The summed E-state index contributed by atoms with van der Waals surface area (Å²) < 4.78 is 10.8. The predicted molar refractivity (Wildman–Crippen MR) is 92.8 cm³/mol. The zero-order chi connectivity index (χ0) is 16.9. The Labute approximate surface area is 141 Å². The summed E-state index contributed by atoms with van der Waals surface area (Å²) in [5, 5.41) is 11.1. The zero-order valence-corrected chi connectivity index (χ0v) is 14.0. The first-order chi connectivity index (χ1) is 11.7. The molecular formula is C17H21N5O2. The van der Waals surface area contributed by atoms with Crippen LogP contribution in [0.25, 0.3) is 0 Å². The van der Waals surface area contributed by atoms with Crippen molar-refractivity contribution >= 4 is 11.8 Å². The summed E-state index contributed by atoms with van der Waals surface area (Å²) in [4.78, 5) is 6.70. The van der Waals surface area contributed by atoms with E-state index in [9.17, 15) is 0 Å². The molecule has 0 radical (unpaired) electrons. The lowest BCUT2D eigenvalue weighted by molar-refractivity contribution is 0.353. The maximum Gasteiger partial charge on any atom is 0.244 e. The van der Waals surface area contributed by atoms with E-state index in [0.717, 1.165) is 36.8 Å². The van der Waals surface area contributed by atoms with Gasteiger partial charge in [-0.2, -0.15) is 10.1 Å². The molecule has 0 bridgehead atoms. The molecule has 2 aromatic rings. The fourth-order valence-corrected chi connectivity index (χ4v) is 2.76. The van der Waals surface area contributed by atoms with Crippen molar-refractivity contribution in [2.24, 2.45) is 0 Å². The lowest BCUT2D eigenvalue weighted by atomic mass is 9.99. The summed E-state index contributed by atoms with van der Waals surface area (Å²) in [6, 6.07) is 4.09. The highest BCUT2D eigenvalue weighted by molar-refractivity contribution is 5.52. The largest absolute Gasteiger partial charge is 0.493 e. The van der Waals surface area contributed by atoms with Gasteiger partial charge in [0.2, 0.25) is 5.95 Å². The van der Waals surface area contributed by atoms with Crippen LogP contribution in [0.5, 0.6) is 11.5 Å². The van der Waals surface area contributed by atoms with E-state index >= 15 is 0 Å². The number of fused-ring (bicyclic) bond motifs is 1. The molecule has 1 aliphatic heterocycles. The van der Waals surface area contributed by atoms with Gasteiger partial charge in [0, 0.05) is 19.6 Å². The van der Waals surface area contributed by atoms with Crippen molar-refractivity contribution in [3.63, 3.8) is 0 Å². The first kappa shape index (κ1) is 16.0. The van der Waals surface area contributed by atoms with Crippen LogP contribution in [0.3, 0.4) is 0 Å². The molecule has 1 aliphatic rings. The van der Waals surface area contributed by atoms with E-state index in [4.69, 9.17) is 9.47 Å². The molecule has 0 spiro atoms. The van der Waals surface area contributed by atoms with Gasteiger partial charge in [-0.1, -0.05) is 6.08 Å². The number of benzene rings is 1. The van der Waals surface area contributed by atoms with E-state index in [-0.39, 0.29) is 0 Å². The van der Waals surface area contributed by atoms with Gasteiger partial charge in [0.1, 0.15) is 0 Å². The van der Waals surface area contributed by atoms with E-state index in [1.807, 2.05) is 6.07 Å². The van der Waals surface area contributed by atoms with Crippen LogP contribution in [0.2, 0.25) is 0 Å². The highest BCUT2D eigenvalue weighted by Gasteiger charge is 2.21. The molecule has 0 unspecified atom stereocenters. The molecule has 0 saturated carbocycles. The second-order valence-electron chi connectivity index (χ2n) is 5.46. The van der Waals surface area contributed by atoms with Crippen molar-refractivity contribution in [3.8, 4) is 11.5 Å². The van der Waals surface area contributed by atoms with Gasteiger partial charge in [-0.3, -0.25) is 0 Å². The van der Waals surface area contributed by atoms with E-state index in [1.54, 1.807) is 26.5 Å². The minimum absolute atomic E-state index is 0.505. The van der Waals surface area contributed by atoms with Crippen molar-refractivity contribution in [3.05, 3.63) is 42.1 Å². The van der Waals surface area contributed by atoms with Gasteiger partial charge in [0.25, 0.3) is 0 Å². The van der Waals surface area contributed by atoms with E-state index in [0.29, 0.717) is 12.5 Å². The third-order valence-corrected chi connectivity index (χ3v) is 3.99. The van der Waals surface area contributed by atoms with Crippen LogP contribution in [0.4, 0.5) is 11.8 Å². The number of nitrogens with zero attached hydrogens (tertiary/aromatic N) is 4. The number of nitrogens with one attached hydrogen (secondary N) is 1. The molecule has 1 N–H and O–H groups in total. The highest BCUT2D eigenvalue weighted by atomic mass is 16.5. The average molecular weight is 327 g/mol. The monoisotopic (exact) mass is 327 g/mol. The minimum atomic E-state index is 0.505. The van der Waals surface area contributed by atoms with Crippen LogP contribution in [0.15, 0.2) is 31.0 Å². The standard InChI is InChI=1S/C17H21N5O2/c1-4-6-18-17-20-16(10-19-21-17)22-7-5-12-8-14(23-2)15(24-3)9-13(12)11-22/h4,8-10H,1,5-7,11H2,2-3H3,(H,18,20,21). The third kappa shape index (κ3) is 3.24. The van der Waals surface area contributed by atoms with Crippen LogP contribution in [0.1, 0.15) is 11.1 Å². The zero-order valence-electron chi connectivity index (χ0n) is 14.0. The van der Waals surface area contributed by atoms with E-state index < -0.39 is 0 Å². The highest BCUT2D eigenvalue weighted by Crippen LogP contribution is 2.34. The van der Waals surface area contributed by atoms with Crippen molar-refractivity contribution in [2.75, 3.05) is 37.5 Å². The van der Waals surface area contributed by atoms with Gasteiger partial charge in [0.05, 0.1) is 20.4 Å². The Morgan fingerprint density at radius 2 is 2.00 bits per heavy atom. The van der Waals surface area contributed by atoms with Gasteiger partial charge in [-0.05, 0) is 29.7 Å². The molecule has 0 aliphatic carbocycles. The number of hydrogen-bond donors (Lipinski definition) is 1. The maximum atomic E-state index is 5.41. The molecule has 2 heterocycles. The van der Waals surface area contributed by atoms with Crippen molar-refractivity contribution < 1.29 is 9.47 Å². The molecule has 126 valence electrons. The summed E-state index contributed by atoms with van der Waals surface area (Å²) >= 11 is 0. The number of ether oxygens (including phenoxy) is 2. The summed E-state index contributed by atoms with van der Waals surface area (Å²) in [6.45, 7) is 5.88. The molecule has 0 saturated heterocycles. The Morgan fingerprint density at radius 1 is 1.25 bits per heavy atom. The second kappa shape index (κ2) is 7.16. The fourth-order valence-electron chi connectivity index (χ4n) is 2.76. The SMILES string of the molecule is C=CCNc1nncc(N2CCc3cc(OC)c(OC)cc3C2)n1. The molecule has 1 aromatic carbocycles. The Morgan fingerprint density at radius 3 is 2.71 bits per heavy atom. The van der Waals surface area contributed by atoms with E-state index in [1.165, 1.54) is 11.1 Å². The fraction of sp³-hybridized carbons (Fsp3) is 0.353. The van der Waals surface area contributed by atoms with Crippen molar-refractivity contribution in [1.29, 1.82) is 0 Å². The molecule has 0 fully saturated rings. The van der Waals surface area contributed by atoms with Crippen LogP contribution >= 0.6 is 0 Å². The Kier molecular flexibility index (Phi) is 4.79. The Hall–Kier alpha value is -2.83. The van der Waals surface area contributed by atoms with Crippen LogP contribution in [-0.2, 0) is 13.0 Å². The summed E-state index contributed by atoms with van der Waals surface area (Å²) in [7, 11) is 3.31. The van der Waals surface area contributed by atoms with Crippen molar-refractivity contribution in [1.82, 2.24) is 15.2 Å². The van der Waals surface area contributed by atoms with Gasteiger partial charge >= 0.3 is 0 Å². The Balaban J connectivity index is 1.83. The first-order valence-corrected chi connectivity index (χ1v) is 7.78. The predicted octanol–water partition coefficient (Wildman–Crippen LogP) is 2.05. The average Bonchev–Trinajstić information content (AvgIpc) is 2.64. The topological polar surface area (TPSA) is 72.4 Å². The quantitative estimate of drug-likeness (QED) is 0.814. The van der Waals surface area contributed by atoms with Crippen LogP contribution in [0, 0.1) is 0 Å². The summed E-state index contributed by atoms with van der Waals surface area (Å²) in [5.41, 5.74) is 2.48. The number of anilines is 2. The molecule has 1 aromatic heterocycles. The van der Waals surface area contributed by atoms with Crippen LogP contribution in [-0.4, -0.2) is 42.5 Å². The van der Waals surface area contributed by atoms with Gasteiger partial charge in [0.15, 0.2) is 17.3 Å². The molecule has 24 heavy (non-hydrogen) atoms. The molecule has 0 atom stereocenters. The molecule has 0 amide bonds. The Bertz CT molecular complexity index is 735. The number of methoxy groups -OCH3 is 2. The second-order valence-corrected chi connectivity index (χ2v) is 5.46.